The summed E-state index contributed by atoms with van der Waals surface area (Å²) in [5.74, 6) is 0.794. The van der Waals surface area contributed by atoms with Gasteiger partial charge in [-0.15, -0.1) is 0 Å². The zero-order valence-electron chi connectivity index (χ0n) is 12.8. The van der Waals surface area contributed by atoms with Crippen LogP contribution in [0.4, 0.5) is 0 Å². The zero-order chi connectivity index (χ0) is 15.5. The molecular weight excluding hydrogens is 278 g/mol. The lowest BCUT2D eigenvalue weighted by Crippen LogP contribution is -2.34. The predicted octanol–water partition coefficient (Wildman–Crippen LogP) is 2.88. The van der Waals surface area contributed by atoms with Gasteiger partial charge in [0.2, 0.25) is 0 Å². The van der Waals surface area contributed by atoms with Gasteiger partial charge in [0.1, 0.15) is 11.4 Å². The molecule has 0 bridgehead atoms. The minimum atomic E-state index is -0.00369. The van der Waals surface area contributed by atoms with Gasteiger partial charge in [-0.05, 0) is 43.7 Å². The summed E-state index contributed by atoms with van der Waals surface area (Å²) in [6, 6.07) is 9.41. The van der Waals surface area contributed by atoms with Crippen molar-refractivity contribution in [3.63, 3.8) is 0 Å². The molecule has 0 saturated heterocycles. The fraction of sp³-hybridized carbons (Fsp3) is 0.294. The molecule has 1 amide bonds. The summed E-state index contributed by atoms with van der Waals surface area (Å²) in [6.07, 6.45) is 3.04. The first-order valence-electron chi connectivity index (χ1n) is 7.32. The SMILES string of the molecule is COc1ccc(-c2cc(C(=O)N3CC=C(C)CC3)[nH]n2)cc1. The largest absolute Gasteiger partial charge is 0.497 e. The number of H-pyrrole nitrogens is 1. The molecule has 5 nitrogen and oxygen atoms in total. The number of nitrogens with zero attached hydrogens (tertiary/aromatic N) is 2. The van der Waals surface area contributed by atoms with Crippen LogP contribution in [0.5, 0.6) is 5.75 Å². The van der Waals surface area contributed by atoms with Crippen molar-refractivity contribution in [1.29, 1.82) is 0 Å². The van der Waals surface area contributed by atoms with Gasteiger partial charge in [0.25, 0.3) is 5.91 Å². The van der Waals surface area contributed by atoms with Crippen molar-refractivity contribution in [2.45, 2.75) is 13.3 Å². The van der Waals surface area contributed by atoms with Crippen LogP contribution in [-0.4, -0.2) is 41.2 Å². The highest BCUT2D eigenvalue weighted by Crippen LogP contribution is 2.22. The van der Waals surface area contributed by atoms with Crippen LogP contribution in [0.1, 0.15) is 23.8 Å². The van der Waals surface area contributed by atoms with E-state index in [-0.39, 0.29) is 5.91 Å². The first-order valence-corrected chi connectivity index (χ1v) is 7.32. The molecule has 3 rings (SSSR count). The summed E-state index contributed by atoms with van der Waals surface area (Å²) in [7, 11) is 1.63. The molecule has 0 aliphatic carbocycles. The van der Waals surface area contributed by atoms with E-state index in [9.17, 15) is 4.79 Å². The normalized spacial score (nSPS) is 14.6. The van der Waals surface area contributed by atoms with Crippen LogP contribution in [0, 0.1) is 0 Å². The third-order valence-electron chi connectivity index (χ3n) is 3.92. The summed E-state index contributed by atoms with van der Waals surface area (Å²) in [4.78, 5) is 14.3. The fourth-order valence-electron chi connectivity index (χ4n) is 2.47. The number of aromatic nitrogens is 2. The number of ether oxygens (including phenoxy) is 1. The molecule has 1 N–H and O–H groups in total. The number of rotatable bonds is 3. The molecule has 0 unspecified atom stereocenters. The molecule has 114 valence electrons. The number of hydrogen-bond donors (Lipinski definition) is 1. The van der Waals surface area contributed by atoms with Gasteiger partial charge in [-0.1, -0.05) is 11.6 Å². The Hall–Kier alpha value is -2.56. The number of amides is 1. The molecule has 1 aliphatic heterocycles. The van der Waals surface area contributed by atoms with Gasteiger partial charge in [-0.2, -0.15) is 5.10 Å². The minimum Gasteiger partial charge on any atom is -0.497 e. The highest BCUT2D eigenvalue weighted by Gasteiger charge is 2.19. The molecule has 0 saturated carbocycles. The van der Waals surface area contributed by atoms with Crippen LogP contribution < -0.4 is 4.74 Å². The number of benzene rings is 1. The van der Waals surface area contributed by atoms with Gasteiger partial charge in [-0.25, -0.2) is 0 Å². The summed E-state index contributed by atoms with van der Waals surface area (Å²) in [5, 5.41) is 7.09. The maximum atomic E-state index is 12.5. The van der Waals surface area contributed by atoms with Crippen molar-refractivity contribution in [2.24, 2.45) is 0 Å². The Labute approximate surface area is 129 Å². The molecule has 0 atom stereocenters. The second kappa shape index (κ2) is 6.05. The van der Waals surface area contributed by atoms with Gasteiger partial charge in [-0.3, -0.25) is 9.89 Å². The molecule has 1 aromatic heterocycles. The average Bonchev–Trinajstić information content (AvgIpc) is 3.05. The van der Waals surface area contributed by atoms with Gasteiger partial charge in [0.05, 0.1) is 12.8 Å². The minimum absolute atomic E-state index is 0.00369. The van der Waals surface area contributed by atoms with E-state index in [0.717, 1.165) is 30.0 Å². The fourth-order valence-corrected chi connectivity index (χ4v) is 2.47. The van der Waals surface area contributed by atoms with Gasteiger partial charge < -0.3 is 9.64 Å². The highest BCUT2D eigenvalue weighted by molar-refractivity contribution is 5.93. The zero-order valence-corrected chi connectivity index (χ0v) is 12.8. The van der Waals surface area contributed by atoms with E-state index in [1.807, 2.05) is 29.2 Å². The molecule has 0 radical (unpaired) electrons. The lowest BCUT2D eigenvalue weighted by molar-refractivity contribution is 0.0763. The second-order valence-electron chi connectivity index (χ2n) is 5.45. The maximum Gasteiger partial charge on any atom is 0.272 e. The molecule has 22 heavy (non-hydrogen) atoms. The lowest BCUT2D eigenvalue weighted by atomic mass is 10.1. The molecule has 5 heteroatoms. The number of methoxy groups -OCH3 is 1. The third-order valence-corrected chi connectivity index (χ3v) is 3.92. The van der Waals surface area contributed by atoms with E-state index in [1.54, 1.807) is 13.2 Å². The van der Waals surface area contributed by atoms with Gasteiger partial charge >= 0.3 is 0 Å². The Balaban J connectivity index is 1.76. The molecule has 2 aromatic rings. The first-order chi connectivity index (χ1) is 10.7. The second-order valence-corrected chi connectivity index (χ2v) is 5.45. The van der Waals surface area contributed by atoms with Crippen LogP contribution in [0.15, 0.2) is 42.0 Å². The molecule has 2 heterocycles. The van der Waals surface area contributed by atoms with Crippen molar-refractivity contribution in [1.82, 2.24) is 15.1 Å². The number of carbonyl (C=O) groups excluding carboxylic acids is 1. The third kappa shape index (κ3) is 2.88. The Morgan fingerprint density at radius 3 is 2.73 bits per heavy atom. The molecule has 0 spiro atoms. The summed E-state index contributed by atoms with van der Waals surface area (Å²) < 4.78 is 5.14. The van der Waals surface area contributed by atoms with Crippen LogP contribution in [0.3, 0.4) is 0 Å². The number of hydrogen-bond acceptors (Lipinski definition) is 3. The maximum absolute atomic E-state index is 12.5. The predicted molar refractivity (Wildman–Crippen MR) is 84.9 cm³/mol. The van der Waals surface area contributed by atoms with Crippen molar-refractivity contribution in [2.75, 3.05) is 20.2 Å². The summed E-state index contributed by atoms with van der Waals surface area (Å²) in [5.41, 5.74) is 3.58. The van der Waals surface area contributed by atoms with Crippen molar-refractivity contribution >= 4 is 5.91 Å². The number of carbonyl (C=O) groups is 1. The van der Waals surface area contributed by atoms with Crippen molar-refractivity contribution < 1.29 is 9.53 Å². The average molecular weight is 297 g/mol. The van der Waals surface area contributed by atoms with Crippen LogP contribution in [-0.2, 0) is 0 Å². The first kappa shape index (κ1) is 14.4. The Kier molecular flexibility index (Phi) is 3.96. The van der Waals surface area contributed by atoms with E-state index in [4.69, 9.17) is 4.74 Å². The summed E-state index contributed by atoms with van der Waals surface area (Å²) >= 11 is 0. The molecule has 0 fully saturated rings. The van der Waals surface area contributed by atoms with Crippen LogP contribution in [0.25, 0.3) is 11.3 Å². The molecular formula is C17H19N3O2. The highest BCUT2D eigenvalue weighted by atomic mass is 16.5. The van der Waals surface area contributed by atoms with Gasteiger partial charge in [0.15, 0.2) is 0 Å². The Morgan fingerprint density at radius 2 is 2.09 bits per heavy atom. The standard InChI is InChI=1S/C17H19N3O2/c1-12-7-9-20(10-8-12)17(21)16-11-15(18-19-16)13-3-5-14(22-2)6-4-13/h3-7,11H,8-10H2,1-2H3,(H,18,19). The number of nitrogens with one attached hydrogen (secondary N) is 1. The van der Waals surface area contributed by atoms with E-state index < -0.39 is 0 Å². The molecule has 1 aromatic carbocycles. The van der Waals surface area contributed by atoms with Crippen LogP contribution >= 0.6 is 0 Å². The summed E-state index contributed by atoms with van der Waals surface area (Å²) in [6.45, 7) is 3.53. The van der Waals surface area contributed by atoms with E-state index >= 15 is 0 Å². The quantitative estimate of drug-likeness (QED) is 0.886. The van der Waals surface area contributed by atoms with Gasteiger partial charge in [0, 0.05) is 18.7 Å². The van der Waals surface area contributed by atoms with E-state index in [0.29, 0.717) is 12.2 Å². The van der Waals surface area contributed by atoms with Crippen molar-refractivity contribution in [3.05, 3.63) is 47.7 Å². The topological polar surface area (TPSA) is 58.2 Å². The van der Waals surface area contributed by atoms with Crippen LogP contribution in [0.2, 0.25) is 0 Å². The number of aromatic amines is 1. The molecule has 1 aliphatic rings. The Bertz CT molecular complexity index is 701. The van der Waals surface area contributed by atoms with E-state index in [2.05, 4.69) is 23.2 Å². The van der Waals surface area contributed by atoms with E-state index in [1.165, 1.54) is 5.57 Å². The van der Waals surface area contributed by atoms with Crippen molar-refractivity contribution in [3.8, 4) is 17.0 Å². The smallest absolute Gasteiger partial charge is 0.272 e. The lowest BCUT2D eigenvalue weighted by Gasteiger charge is -2.24. The Morgan fingerprint density at radius 1 is 1.32 bits per heavy atom. The monoisotopic (exact) mass is 297 g/mol.